The summed E-state index contributed by atoms with van der Waals surface area (Å²) in [6, 6.07) is 6.65. The fourth-order valence-corrected chi connectivity index (χ4v) is 2.36. The number of likely N-dealkylation sites (N-methyl/N-ethyl adjacent to an activating group) is 1. The Kier molecular flexibility index (Phi) is 4.91. The topological polar surface area (TPSA) is 50.5 Å². The van der Waals surface area contributed by atoms with Gasteiger partial charge < -0.3 is 15.8 Å². The number of nitrogen functional groups attached to an aromatic ring is 1. The van der Waals surface area contributed by atoms with Crippen LogP contribution in [0.1, 0.15) is 26.7 Å². The molecule has 0 unspecified atom stereocenters. The molecule has 1 fully saturated rings. The van der Waals surface area contributed by atoms with Crippen molar-refractivity contribution in [1.29, 1.82) is 0 Å². The molecule has 4 nitrogen and oxygen atoms in total. The van der Waals surface area contributed by atoms with Crippen LogP contribution in [0.5, 0.6) is 5.75 Å². The third kappa shape index (κ3) is 4.31. The first kappa shape index (κ1) is 14.0. The van der Waals surface area contributed by atoms with E-state index in [0.29, 0.717) is 6.61 Å². The van der Waals surface area contributed by atoms with Gasteiger partial charge in [-0.25, -0.2) is 0 Å². The lowest BCUT2D eigenvalue weighted by atomic mass is 10.2. The van der Waals surface area contributed by atoms with Crippen LogP contribution in [0.15, 0.2) is 18.2 Å². The van der Waals surface area contributed by atoms with Crippen molar-refractivity contribution in [3.05, 3.63) is 18.2 Å². The van der Waals surface area contributed by atoms with Crippen LogP contribution >= 0.6 is 0 Å². The maximum atomic E-state index is 5.88. The first-order valence-corrected chi connectivity index (χ1v) is 7.24. The van der Waals surface area contributed by atoms with Crippen LogP contribution in [0.4, 0.5) is 11.4 Å². The molecule has 0 atom stereocenters. The van der Waals surface area contributed by atoms with Crippen LogP contribution in [-0.4, -0.2) is 37.2 Å². The Balaban J connectivity index is 1.84. The summed E-state index contributed by atoms with van der Waals surface area (Å²) >= 11 is 0. The fraction of sp³-hybridized carbons (Fsp3) is 0.600. The standard InChI is InChI=1S/C15H25N3O/c1-3-18(14-5-6-14)8-7-17-13-9-12(16)10-15(11-13)19-4-2/h9-11,14,17H,3-8,16H2,1-2H3. The molecule has 0 radical (unpaired) electrons. The van der Waals surface area contributed by atoms with Crippen molar-refractivity contribution in [1.82, 2.24) is 4.90 Å². The molecule has 0 aromatic heterocycles. The van der Waals surface area contributed by atoms with Crippen LogP contribution in [0, 0.1) is 0 Å². The largest absolute Gasteiger partial charge is 0.494 e. The third-order valence-electron chi connectivity index (χ3n) is 3.44. The van der Waals surface area contributed by atoms with Gasteiger partial charge in [0.15, 0.2) is 0 Å². The molecule has 0 bridgehead atoms. The number of nitrogens with one attached hydrogen (secondary N) is 1. The molecule has 1 aromatic carbocycles. The number of ether oxygens (including phenoxy) is 1. The van der Waals surface area contributed by atoms with Crippen molar-refractivity contribution in [2.24, 2.45) is 0 Å². The van der Waals surface area contributed by atoms with Gasteiger partial charge >= 0.3 is 0 Å². The summed E-state index contributed by atoms with van der Waals surface area (Å²) < 4.78 is 5.49. The third-order valence-corrected chi connectivity index (χ3v) is 3.44. The van der Waals surface area contributed by atoms with E-state index in [1.165, 1.54) is 12.8 Å². The van der Waals surface area contributed by atoms with E-state index < -0.39 is 0 Å². The molecule has 1 saturated carbocycles. The Morgan fingerprint density at radius 1 is 1.32 bits per heavy atom. The van der Waals surface area contributed by atoms with Gasteiger partial charge in [0, 0.05) is 42.6 Å². The van der Waals surface area contributed by atoms with Crippen molar-refractivity contribution in [2.75, 3.05) is 37.3 Å². The zero-order valence-electron chi connectivity index (χ0n) is 12.0. The minimum absolute atomic E-state index is 0.661. The summed E-state index contributed by atoms with van der Waals surface area (Å²) in [5.74, 6) is 0.833. The van der Waals surface area contributed by atoms with Gasteiger partial charge in [-0.05, 0) is 32.4 Å². The smallest absolute Gasteiger partial charge is 0.123 e. The molecule has 0 aliphatic heterocycles. The molecular weight excluding hydrogens is 238 g/mol. The number of anilines is 2. The Morgan fingerprint density at radius 2 is 2.11 bits per heavy atom. The first-order valence-electron chi connectivity index (χ1n) is 7.24. The Hall–Kier alpha value is -1.42. The molecule has 106 valence electrons. The number of hydrogen-bond donors (Lipinski definition) is 2. The summed E-state index contributed by atoms with van der Waals surface area (Å²) in [5, 5.41) is 3.43. The molecule has 0 spiro atoms. The van der Waals surface area contributed by atoms with Crippen molar-refractivity contribution in [3.63, 3.8) is 0 Å². The summed E-state index contributed by atoms with van der Waals surface area (Å²) in [4.78, 5) is 2.53. The number of benzene rings is 1. The number of nitrogens with two attached hydrogens (primary N) is 1. The quantitative estimate of drug-likeness (QED) is 0.708. The van der Waals surface area contributed by atoms with E-state index in [2.05, 4.69) is 17.1 Å². The monoisotopic (exact) mass is 263 g/mol. The van der Waals surface area contributed by atoms with Gasteiger partial charge in [-0.3, -0.25) is 4.90 Å². The summed E-state index contributed by atoms with van der Waals surface area (Å²) in [5.41, 5.74) is 7.65. The van der Waals surface area contributed by atoms with E-state index in [9.17, 15) is 0 Å². The van der Waals surface area contributed by atoms with Crippen molar-refractivity contribution >= 4 is 11.4 Å². The van der Waals surface area contributed by atoms with Gasteiger partial charge in [-0.15, -0.1) is 0 Å². The van der Waals surface area contributed by atoms with Crippen molar-refractivity contribution in [3.8, 4) is 5.75 Å². The van der Waals surface area contributed by atoms with E-state index in [0.717, 1.165) is 42.8 Å². The highest BCUT2D eigenvalue weighted by Gasteiger charge is 2.26. The molecular formula is C15H25N3O. The predicted octanol–water partition coefficient (Wildman–Crippen LogP) is 2.56. The molecule has 3 N–H and O–H groups in total. The summed E-state index contributed by atoms with van der Waals surface area (Å²) in [6.45, 7) is 8.03. The zero-order chi connectivity index (χ0) is 13.7. The molecule has 4 heteroatoms. The van der Waals surface area contributed by atoms with Gasteiger partial charge in [0.2, 0.25) is 0 Å². The van der Waals surface area contributed by atoms with Gasteiger partial charge in [-0.2, -0.15) is 0 Å². The molecule has 2 rings (SSSR count). The lowest BCUT2D eigenvalue weighted by Gasteiger charge is -2.20. The van der Waals surface area contributed by atoms with Crippen molar-refractivity contribution < 1.29 is 4.74 Å². The van der Waals surface area contributed by atoms with Crippen LogP contribution < -0.4 is 15.8 Å². The minimum atomic E-state index is 0.661. The maximum absolute atomic E-state index is 5.88. The fourth-order valence-electron chi connectivity index (χ4n) is 2.36. The van der Waals surface area contributed by atoms with Crippen LogP contribution in [0.3, 0.4) is 0 Å². The van der Waals surface area contributed by atoms with Gasteiger partial charge in [0.05, 0.1) is 6.61 Å². The summed E-state index contributed by atoms with van der Waals surface area (Å²) in [7, 11) is 0. The molecule has 1 aromatic rings. The Bertz CT molecular complexity index is 404. The second-order valence-corrected chi connectivity index (χ2v) is 5.01. The molecule has 19 heavy (non-hydrogen) atoms. The highest BCUT2D eigenvalue weighted by atomic mass is 16.5. The minimum Gasteiger partial charge on any atom is -0.494 e. The second kappa shape index (κ2) is 6.66. The van der Waals surface area contributed by atoms with Crippen molar-refractivity contribution in [2.45, 2.75) is 32.7 Å². The van der Waals surface area contributed by atoms with Crippen LogP contribution in [0.25, 0.3) is 0 Å². The maximum Gasteiger partial charge on any atom is 0.123 e. The van der Waals surface area contributed by atoms with E-state index in [1.54, 1.807) is 0 Å². The van der Waals surface area contributed by atoms with Gasteiger partial charge in [-0.1, -0.05) is 6.92 Å². The molecule has 1 aliphatic rings. The number of rotatable bonds is 8. The molecule has 1 aliphatic carbocycles. The average molecular weight is 263 g/mol. The normalized spacial score (nSPS) is 14.7. The first-order chi connectivity index (χ1) is 9.22. The van der Waals surface area contributed by atoms with E-state index in [4.69, 9.17) is 10.5 Å². The lowest BCUT2D eigenvalue weighted by molar-refractivity contribution is 0.289. The van der Waals surface area contributed by atoms with Crippen LogP contribution in [-0.2, 0) is 0 Å². The zero-order valence-corrected chi connectivity index (χ0v) is 12.0. The molecule has 0 amide bonds. The Labute approximate surface area is 115 Å². The predicted molar refractivity (Wildman–Crippen MR) is 80.8 cm³/mol. The SMILES string of the molecule is CCOc1cc(N)cc(NCCN(CC)C2CC2)c1. The van der Waals surface area contributed by atoms with E-state index >= 15 is 0 Å². The second-order valence-electron chi connectivity index (χ2n) is 5.01. The van der Waals surface area contributed by atoms with Gasteiger partial charge in [0.1, 0.15) is 5.75 Å². The molecule has 0 heterocycles. The average Bonchev–Trinajstić information content (AvgIpc) is 3.19. The highest BCUT2D eigenvalue weighted by molar-refractivity contribution is 5.59. The lowest BCUT2D eigenvalue weighted by Crippen LogP contribution is -2.30. The summed E-state index contributed by atoms with van der Waals surface area (Å²) in [6.07, 6.45) is 2.72. The van der Waals surface area contributed by atoms with Gasteiger partial charge in [0.25, 0.3) is 0 Å². The Morgan fingerprint density at radius 3 is 2.74 bits per heavy atom. The number of nitrogens with zero attached hydrogens (tertiary/aromatic N) is 1. The van der Waals surface area contributed by atoms with Crippen LogP contribution in [0.2, 0.25) is 0 Å². The highest BCUT2D eigenvalue weighted by Crippen LogP contribution is 2.26. The van der Waals surface area contributed by atoms with E-state index in [1.807, 2.05) is 25.1 Å². The number of hydrogen-bond acceptors (Lipinski definition) is 4. The molecule has 0 saturated heterocycles. The van der Waals surface area contributed by atoms with E-state index in [-0.39, 0.29) is 0 Å².